The quantitative estimate of drug-likeness (QED) is 0.472. The number of nitrogens with one attached hydrogen (secondary N) is 1. The van der Waals surface area contributed by atoms with E-state index in [9.17, 15) is 9.59 Å². The lowest BCUT2D eigenvalue weighted by atomic mass is 9.91. The van der Waals surface area contributed by atoms with E-state index in [4.69, 9.17) is 10.4 Å². The standard InChI is InChI=1S/C25H33N5O2/c1-4-5-6-8-12-30-22(26)19(24(31)28-15-17(2)13-18(3)16-28)14-20-23(30)27-21-10-7-9-11-29(21)25(20)32/h7,9-11,14,17-18,26H,4-6,8,12-13,15-16H2,1-3H3. The Balaban J connectivity index is 1.87. The Kier molecular flexibility index (Phi) is 6.44. The summed E-state index contributed by atoms with van der Waals surface area (Å²) in [7, 11) is 0. The van der Waals surface area contributed by atoms with Gasteiger partial charge in [-0.2, -0.15) is 0 Å². The topological polar surface area (TPSA) is 83.5 Å². The average Bonchev–Trinajstić information content (AvgIpc) is 2.77. The van der Waals surface area contributed by atoms with Crippen LogP contribution in [0.25, 0.3) is 16.7 Å². The molecule has 2 unspecified atom stereocenters. The van der Waals surface area contributed by atoms with Crippen molar-refractivity contribution in [3.05, 3.63) is 51.9 Å². The van der Waals surface area contributed by atoms with Crippen LogP contribution in [0, 0.1) is 17.2 Å². The molecule has 2 atom stereocenters. The van der Waals surface area contributed by atoms with Crippen LogP contribution >= 0.6 is 0 Å². The smallest absolute Gasteiger partial charge is 0.267 e. The molecule has 1 saturated heterocycles. The van der Waals surface area contributed by atoms with Crippen molar-refractivity contribution in [2.75, 3.05) is 13.1 Å². The highest BCUT2D eigenvalue weighted by Crippen LogP contribution is 2.22. The minimum atomic E-state index is -0.206. The second-order valence-corrected chi connectivity index (χ2v) is 9.36. The Morgan fingerprint density at radius 3 is 2.62 bits per heavy atom. The number of pyridine rings is 2. The predicted octanol–water partition coefficient (Wildman–Crippen LogP) is 3.83. The number of likely N-dealkylation sites (tertiary alicyclic amines) is 1. The van der Waals surface area contributed by atoms with Gasteiger partial charge in [0.2, 0.25) is 0 Å². The van der Waals surface area contributed by atoms with Gasteiger partial charge in [0.25, 0.3) is 11.5 Å². The Labute approximate surface area is 188 Å². The van der Waals surface area contributed by atoms with Crippen LogP contribution in [0.4, 0.5) is 0 Å². The average molecular weight is 436 g/mol. The lowest BCUT2D eigenvalue weighted by Crippen LogP contribution is -2.45. The van der Waals surface area contributed by atoms with E-state index in [-0.39, 0.29) is 17.0 Å². The van der Waals surface area contributed by atoms with E-state index in [0.29, 0.717) is 53.7 Å². The molecule has 1 aliphatic heterocycles. The van der Waals surface area contributed by atoms with Crippen molar-refractivity contribution < 1.29 is 4.79 Å². The number of carbonyl (C=O) groups excluding carboxylic acids is 1. The fourth-order valence-corrected chi connectivity index (χ4v) is 4.96. The van der Waals surface area contributed by atoms with Gasteiger partial charge in [-0.1, -0.05) is 46.1 Å². The molecular weight excluding hydrogens is 402 g/mol. The molecule has 0 spiro atoms. The molecule has 0 saturated carbocycles. The van der Waals surface area contributed by atoms with Gasteiger partial charge in [0.05, 0.1) is 10.9 Å². The number of hydrogen-bond donors (Lipinski definition) is 1. The van der Waals surface area contributed by atoms with Gasteiger partial charge in [-0.25, -0.2) is 4.98 Å². The number of fused-ring (bicyclic) bond motifs is 2. The second kappa shape index (κ2) is 9.27. The molecule has 3 aromatic rings. The van der Waals surface area contributed by atoms with E-state index in [0.717, 1.165) is 32.1 Å². The number of carbonyl (C=O) groups is 1. The molecule has 7 heteroatoms. The van der Waals surface area contributed by atoms with Gasteiger partial charge in [0.1, 0.15) is 16.8 Å². The Morgan fingerprint density at radius 1 is 1.16 bits per heavy atom. The normalized spacial score (nSPS) is 19.0. The van der Waals surface area contributed by atoms with Gasteiger partial charge < -0.3 is 9.47 Å². The number of hydrogen-bond acceptors (Lipinski definition) is 4. The highest BCUT2D eigenvalue weighted by molar-refractivity contribution is 5.97. The summed E-state index contributed by atoms with van der Waals surface area (Å²) in [5.41, 5.74) is 1.27. The van der Waals surface area contributed by atoms with E-state index < -0.39 is 0 Å². The first-order chi connectivity index (χ1) is 15.4. The summed E-state index contributed by atoms with van der Waals surface area (Å²) in [6, 6.07) is 7.03. The maximum Gasteiger partial charge on any atom is 0.267 e. The van der Waals surface area contributed by atoms with Crippen LogP contribution in [0.5, 0.6) is 0 Å². The van der Waals surface area contributed by atoms with Gasteiger partial charge in [0.15, 0.2) is 0 Å². The van der Waals surface area contributed by atoms with Crippen LogP contribution in [-0.2, 0) is 6.54 Å². The van der Waals surface area contributed by atoms with Crippen molar-refractivity contribution in [3.63, 3.8) is 0 Å². The van der Waals surface area contributed by atoms with Crippen LogP contribution in [0.3, 0.4) is 0 Å². The van der Waals surface area contributed by atoms with Crippen LogP contribution in [-0.4, -0.2) is 37.8 Å². The molecule has 0 radical (unpaired) electrons. The molecule has 1 fully saturated rings. The lowest BCUT2D eigenvalue weighted by molar-refractivity contribution is 0.0620. The second-order valence-electron chi connectivity index (χ2n) is 9.36. The zero-order valence-electron chi connectivity index (χ0n) is 19.3. The lowest BCUT2D eigenvalue weighted by Gasteiger charge is -2.35. The molecule has 0 aliphatic carbocycles. The number of nitrogens with zero attached hydrogens (tertiary/aromatic N) is 4. The molecule has 1 aliphatic rings. The molecule has 1 amide bonds. The monoisotopic (exact) mass is 435 g/mol. The Bertz CT molecular complexity index is 1250. The van der Waals surface area contributed by atoms with Gasteiger partial charge in [-0.3, -0.25) is 19.4 Å². The molecule has 7 nitrogen and oxygen atoms in total. The minimum absolute atomic E-state index is 0.150. The van der Waals surface area contributed by atoms with Crippen LogP contribution < -0.4 is 11.0 Å². The number of unbranched alkanes of at least 4 members (excludes halogenated alkanes) is 3. The zero-order valence-corrected chi connectivity index (χ0v) is 19.3. The molecule has 170 valence electrons. The summed E-state index contributed by atoms with van der Waals surface area (Å²) in [6.45, 7) is 8.42. The summed E-state index contributed by atoms with van der Waals surface area (Å²) < 4.78 is 3.27. The third-order valence-electron chi connectivity index (χ3n) is 6.44. The van der Waals surface area contributed by atoms with Crippen molar-refractivity contribution in [2.24, 2.45) is 11.8 Å². The molecular formula is C25H33N5O2. The first-order valence-corrected chi connectivity index (χ1v) is 11.8. The van der Waals surface area contributed by atoms with E-state index in [1.165, 1.54) is 4.40 Å². The molecule has 0 bridgehead atoms. The van der Waals surface area contributed by atoms with Gasteiger partial charge in [0, 0.05) is 25.8 Å². The largest absolute Gasteiger partial charge is 0.338 e. The zero-order chi connectivity index (χ0) is 22.8. The maximum absolute atomic E-state index is 13.5. The summed E-state index contributed by atoms with van der Waals surface area (Å²) >= 11 is 0. The third kappa shape index (κ3) is 4.20. The van der Waals surface area contributed by atoms with E-state index in [2.05, 4.69) is 20.8 Å². The number of aryl methyl sites for hydroxylation is 1. The van der Waals surface area contributed by atoms with Crippen molar-refractivity contribution >= 4 is 22.6 Å². The Hall–Kier alpha value is -2.96. The number of piperidine rings is 1. The summed E-state index contributed by atoms with van der Waals surface area (Å²) in [6.07, 6.45) is 6.95. The van der Waals surface area contributed by atoms with Crippen LogP contribution in [0.15, 0.2) is 35.3 Å². The minimum Gasteiger partial charge on any atom is -0.338 e. The fourth-order valence-electron chi connectivity index (χ4n) is 4.96. The van der Waals surface area contributed by atoms with Crippen molar-refractivity contribution in [1.29, 1.82) is 5.41 Å². The summed E-state index contributed by atoms with van der Waals surface area (Å²) in [5.74, 6) is 0.694. The molecule has 3 aromatic heterocycles. The van der Waals surface area contributed by atoms with Crippen molar-refractivity contribution in [2.45, 2.75) is 59.4 Å². The molecule has 1 N–H and O–H groups in total. The first kappa shape index (κ1) is 22.2. The highest BCUT2D eigenvalue weighted by atomic mass is 16.2. The number of aromatic nitrogens is 3. The maximum atomic E-state index is 13.5. The van der Waals surface area contributed by atoms with Crippen molar-refractivity contribution in [1.82, 2.24) is 18.9 Å². The fraction of sp³-hybridized carbons (Fsp3) is 0.520. The van der Waals surface area contributed by atoms with E-state index in [1.54, 1.807) is 29.0 Å². The molecule has 32 heavy (non-hydrogen) atoms. The third-order valence-corrected chi connectivity index (χ3v) is 6.44. The molecule has 4 heterocycles. The van der Waals surface area contributed by atoms with Crippen molar-refractivity contribution in [3.8, 4) is 0 Å². The van der Waals surface area contributed by atoms with Gasteiger partial charge in [-0.05, 0) is 42.9 Å². The number of rotatable bonds is 6. The first-order valence-electron chi connectivity index (χ1n) is 11.8. The van der Waals surface area contributed by atoms with Crippen LogP contribution in [0.2, 0.25) is 0 Å². The molecule has 0 aromatic carbocycles. The van der Waals surface area contributed by atoms with Gasteiger partial charge in [-0.15, -0.1) is 0 Å². The predicted molar refractivity (Wildman–Crippen MR) is 126 cm³/mol. The molecule has 4 rings (SSSR count). The van der Waals surface area contributed by atoms with E-state index in [1.807, 2.05) is 11.0 Å². The highest BCUT2D eigenvalue weighted by Gasteiger charge is 2.28. The van der Waals surface area contributed by atoms with Gasteiger partial charge >= 0.3 is 0 Å². The summed E-state index contributed by atoms with van der Waals surface area (Å²) in [4.78, 5) is 33.4. The Morgan fingerprint density at radius 2 is 1.91 bits per heavy atom. The van der Waals surface area contributed by atoms with Crippen LogP contribution in [0.1, 0.15) is 63.2 Å². The summed E-state index contributed by atoms with van der Waals surface area (Å²) in [5, 5.41) is 9.29. The SMILES string of the molecule is CCCCCCn1c(=N)c(C(=O)N2CC(C)CC(C)C2)cc2c(=O)n3ccccc3nc21. The number of amides is 1. The van der Waals surface area contributed by atoms with E-state index >= 15 is 0 Å².